The first kappa shape index (κ1) is 12.8. The Hall–Kier alpha value is 0.827. The second kappa shape index (κ2) is 7.25. The van der Waals surface area contributed by atoms with Crippen LogP contribution in [0, 0.1) is 0 Å². The highest BCUT2D eigenvalue weighted by molar-refractivity contribution is 14.1. The summed E-state index contributed by atoms with van der Waals surface area (Å²) in [5, 5.41) is 0. The summed E-state index contributed by atoms with van der Waals surface area (Å²) in [6.07, 6.45) is 0. The Morgan fingerprint density at radius 2 is 1.25 bits per heavy atom. The monoisotopic (exact) mass is 304 g/mol. The van der Waals surface area contributed by atoms with E-state index < -0.39 is 8.80 Å². The molecule has 3 nitrogen and oxygen atoms in total. The quantitative estimate of drug-likeness (QED) is 0.409. The van der Waals surface area contributed by atoms with E-state index in [2.05, 4.69) is 22.6 Å². The predicted octanol–water partition coefficient (Wildman–Crippen LogP) is 2.01. The average molecular weight is 304 g/mol. The van der Waals surface area contributed by atoms with Crippen LogP contribution in [0.4, 0.5) is 0 Å². The van der Waals surface area contributed by atoms with E-state index in [-0.39, 0.29) is 0 Å². The van der Waals surface area contributed by atoms with Gasteiger partial charge in [-0.1, -0.05) is 22.6 Å². The molecule has 0 amide bonds. The van der Waals surface area contributed by atoms with Crippen molar-refractivity contribution in [3.8, 4) is 0 Å². The van der Waals surface area contributed by atoms with Crippen molar-refractivity contribution in [3.05, 3.63) is 0 Å². The molecule has 0 fully saturated rings. The molecule has 0 unspecified atom stereocenters. The lowest BCUT2D eigenvalue weighted by Crippen LogP contribution is -2.48. The second-order valence-corrected chi connectivity index (χ2v) is 6.90. The first-order valence-electron chi connectivity index (χ1n) is 4.22. The summed E-state index contributed by atoms with van der Waals surface area (Å²) in [4.78, 5) is 0. The van der Waals surface area contributed by atoms with E-state index in [4.69, 9.17) is 13.3 Å². The molecule has 0 aromatic rings. The van der Waals surface area contributed by atoms with Gasteiger partial charge in [0, 0.05) is 19.8 Å². The molecule has 0 bridgehead atoms. The molecule has 0 N–H and O–H groups in total. The average Bonchev–Trinajstić information content (AvgIpc) is 2.06. The van der Waals surface area contributed by atoms with Crippen molar-refractivity contribution in [2.45, 2.75) is 20.8 Å². The molecule has 5 heteroatoms. The Kier molecular flexibility index (Phi) is 7.75. The maximum Gasteiger partial charge on any atom is 0.511 e. The third-order valence-corrected chi connectivity index (χ3v) is 6.57. The van der Waals surface area contributed by atoms with Gasteiger partial charge in [-0.2, -0.15) is 0 Å². The van der Waals surface area contributed by atoms with Crippen LogP contribution in [-0.4, -0.2) is 32.7 Å². The molecule has 0 saturated heterocycles. The van der Waals surface area contributed by atoms with Crippen molar-refractivity contribution in [2.24, 2.45) is 0 Å². The molecule has 0 aliphatic carbocycles. The Bertz CT molecular complexity index is 95.8. The third-order valence-electron chi connectivity index (χ3n) is 1.26. The highest BCUT2D eigenvalue weighted by Gasteiger charge is 2.38. The van der Waals surface area contributed by atoms with Crippen molar-refractivity contribution >= 4 is 31.4 Å². The summed E-state index contributed by atoms with van der Waals surface area (Å²) in [7, 11) is -2.28. The molecule has 0 aromatic carbocycles. The third kappa shape index (κ3) is 4.17. The number of rotatable bonds is 7. The topological polar surface area (TPSA) is 27.7 Å². The maximum atomic E-state index is 5.55. The molecule has 0 radical (unpaired) electrons. The van der Waals surface area contributed by atoms with Gasteiger partial charge in [0.25, 0.3) is 0 Å². The number of hydrogen-bond acceptors (Lipinski definition) is 3. The van der Waals surface area contributed by atoms with Gasteiger partial charge >= 0.3 is 8.80 Å². The maximum absolute atomic E-state index is 5.55. The summed E-state index contributed by atoms with van der Waals surface area (Å²) < 4.78 is 17.5. The van der Waals surface area contributed by atoms with Crippen molar-refractivity contribution in [3.63, 3.8) is 0 Å². The minimum absolute atomic E-state index is 0.662. The molecule has 0 aliphatic rings. The largest absolute Gasteiger partial charge is 0.511 e. The van der Waals surface area contributed by atoms with Crippen LogP contribution < -0.4 is 0 Å². The molecule has 0 heterocycles. The molecule has 0 saturated carbocycles. The van der Waals surface area contributed by atoms with Crippen LogP contribution in [-0.2, 0) is 13.3 Å². The molecule has 0 aromatic heterocycles. The van der Waals surface area contributed by atoms with Crippen LogP contribution in [0.5, 0.6) is 0 Å². The fourth-order valence-corrected chi connectivity index (χ4v) is 4.68. The standard InChI is InChI=1S/C7H17IO3Si/c1-4-9-12(7-8,10-5-2)11-6-3/h4-7H2,1-3H3. The molecule has 0 aliphatic heterocycles. The summed E-state index contributed by atoms with van der Waals surface area (Å²) >= 11 is 2.26. The molecule has 0 atom stereocenters. The van der Waals surface area contributed by atoms with E-state index in [0.717, 1.165) is 4.05 Å². The Morgan fingerprint density at radius 1 is 0.917 bits per heavy atom. The Labute approximate surface area is 89.3 Å². The van der Waals surface area contributed by atoms with Crippen molar-refractivity contribution in [1.82, 2.24) is 0 Å². The lowest BCUT2D eigenvalue weighted by Gasteiger charge is -2.26. The van der Waals surface area contributed by atoms with Gasteiger partial charge in [0.05, 0.1) is 4.05 Å². The van der Waals surface area contributed by atoms with Gasteiger partial charge in [-0.3, -0.25) is 0 Å². The van der Waals surface area contributed by atoms with Gasteiger partial charge in [-0.05, 0) is 20.8 Å². The predicted molar refractivity (Wildman–Crippen MR) is 59.5 cm³/mol. The minimum atomic E-state index is -2.28. The zero-order valence-electron chi connectivity index (χ0n) is 7.93. The fraction of sp³-hybridized carbons (Fsp3) is 1.00. The summed E-state index contributed by atoms with van der Waals surface area (Å²) in [6.45, 7) is 7.88. The molecule has 12 heavy (non-hydrogen) atoms. The van der Waals surface area contributed by atoms with Gasteiger partial charge in [-0.25, -0.2) is 0 Å². The van der Waals surface area contributed by atoms with Crippen LogP contribution in [0.2, 0.25) is 0 Å². The van der Waals surface area contributed by atoms with Crippen LogP contribution in [0.3, 0.4) is 0 Å². The SMILES string of the molecule is CCO[Si](CI)(OCC)OCC. The van der Waals surface area contributed by atoms with E-state index >= 15 is 0 Å². The highest BCUT2D eigenvalue weighted by Crippen LogP contribution is 2.12. The van der Waals surface area contributed by atoms with Gasteiger partial charge in [0.2, 0.25) is 0 Å². The van der Waals surface area contributed by atoms with Gasteiger partial charge < -0.3 is 13.3 Å². The van der Waals surface area contributed by atoms with Crippen LogP contribution in [0.25, 0.3) is 0 Å². The highest BCUT2D eigenvalue weighted by atomic mass is 127. The van der Waals surface area contributed by atoms with Crippen LogP contribution in [0.1, 0.15) is 20.8 Å². The summed E-state index contributed by atoms with van der Waals surface area (Å²) in [5.41, 5.74) is 0. The van der Waals surface area contributed by atoms with Crippen LogP contribution in [0.15, 0.2) is 0 Å². The van der Waals surface area contributed by atoms with Crippen LogP contribution >= 0.6 is 22.6 Å². The van der Waals surface area contributed by atoms with Gasteiger partial charge in [0.1, 0.15) is 0 Å². The zero-order valence-corrected chi connectivity index (χ0v) is 11.1. The summed E-state index contributed by atoms with van der Waals surface area (Å²) in [5.74, 6) is 0. The van der Waals surface area contributed by atoms with Crippen molar-refractivity contribution in [1.29, 1.82) is 0 Å². The summed E-state index contributed by atoms with van der Waals surface area (Å²) in [6, 6.07) is 0. The Balaban J connectivity index is 4.06. The molecular formula is C7H17IO3Si. The van der Waals surface area contributed by atoms with E-state index in [1.807, 2.05) is 20.8 Å². The smallest absolute Gasteiger partial charge is 0.373 e. The molecule has 74 valence electrons. The van der Waals surface area contributed by atoms with E-state index in [0.29, 0.717) is 19.8 Å². The second-order valence-electron chi connectivity index (χ2n) is 2.12. The lowest BCUT2D eigenvalue weighted by molar-refractivity contribution is 0.0781. The Morgan fingerprint density at radius 3 is 1.42 bits per heavy atom. The van der Waals surface area contributed by atoms with E-state index in [9.17, 15) is 0 Å². The zero-order chi connectivity index (χ0) is 9.45. The normalized spacial score (nSPS) is 12.0. The number of alkyl halides is 1. The van der Waals surface area contributed by atoms with E-state index in [1.165, 1.54) is 0 Å². The fourth-order valence-electron chi connectivity index (χ4n) is 0.900. The van der Waals surface area contributed by atoms with Gasteiger partial charge in [0.15, 0.2) is 0 Å². The molecule has 0 spiro atoms. The first-order chi connectivity index (χ1) is 5.74. The molecule has 0 rings (SSSR count). The number of hydrogen-bond donors (Lipinski definition) is 0. The minimum Gasteiger partial charge on any atom is -0.373 e. The van der Waals surface area contributed by atoms with E-state index in [1.54, 1.807) is 0 Å². The van der Waals surface area contributed by atoms with Crippen molar-refractivity contribution < 1.29 is 13.3 Å². The first-order valence-corrected chi connectivity index (χ1v) is 7.68. The van der Waals surface area contributed by atoms with Crippen molar-refractivity contribution in [2.75, 3.05) is 23.9 Å². The lowest BCUT2D eigenvalue weighted by atomic mass is 10.9. The number of halogens is 1. The van der Waals surface area contributed by atoms with Gasteiger partial charge in [-0.15, -0.1) is 0 Å². The molecular weight excluding hydrogens is 287 g/mol.